The second kappa shape index (κ2) is 31.6. The van der Waals surface area contributed by atoms with Crippen molar-refractivity contribution in [1.82, 2.24) is 20.3 Å². The van der Waals surface area contributed by atoms with E-state index in [4.69, 9.17) is 11.6 Å². The van der Waals surface area contributed by atoms with Crippen molar-refractivity contribution >= 4 is 80.1 Å². The molecule has 10 rings (SSSR count). The molecular weight excluding hydrogens is 1090 g/mol. The maximum absolute atomic E-state index is 13.5. The van der Waals surface area contributed by atoms with Crippen LogP contribution in [0, 0.1) is 64.3 Å². The van der Waals surface area contributed by atoms with Gasteiger partial charge in [0.25, 0.3) is 0 Å². The monoisotopic (exact) mass is 1160 g/mol. The average Bonchev–Trinajstić information content (AvgIpc) is 4.43. The minimum absolute atomic E-state index is 0.0245. The fourth-order valence-corrected chi connectivity index (χ4v) is 10.6. The summed E-state index contributed by atoms with van der Waals surface area (Å²) in [5.74, 6) is -4.34. The highest BCUT2D eigenvalue weighted by Gasteiger charge is 2.23. The van der Waals surface area contributed by atoms with E-state index in [1.807, 2.05) is 13.8 Å². The number of carbonyl (C=O) groups excluding carboxylic acids is 3. The van der Waals surface area contributed by atoms with E-state index < -0.39 is 46.5 Å². The number of aromatic nitrogens is 3. The Morgan fingerprint density at radius 2 is 0.976 bits per heavy atom. The number of aldehydes is 2. The number of amides is 1. The first-order valence-corrected chi connectivity index (χ1v) is 28.2. The van der Waals surface area contributed by atoms with Gasteiger partial charge in [0.15, 0.2) is 59.1 Å². The molecule has 11 nitrogen and oxygen atoms in total. The van der Waals surface area contributed by atoms with Crippen LogP contribution in [-0.4, -0.2) is 77.8 Å². The van der Waals surface area contributed by atoms with Gasteiger partial charge in [-0.15, -0.1) is 0 Å². The molecule has 82 heavy (non-hydrogen) atoms. The summed E-state index contributed by atoms with van der Waals surface area (Å²) in [7, 11) is 0. The number of carbonyl (C=O) groups is 3. The molecule has 1 amide bonds. The number of nitrogens with zero attached hydrogens (tertiary/aromatic N) is 5. The van der Waals surface area contributed by atoms with E-state index in [9.17, 15) is 54.6 Å². The smallest absolute Gasteiger partial charge is 0.221 e. The Balaban J connectivity index is 0.000000172. The molecule has 20 heteroatoms. The van der Waals surface area contributed by atoms with E-state index >= 15 is 0 Å². The van der Waals surface area contributed by atoms with Crippen molar-refractivity contribution in [2.75, 3.05) is 54.4 Å². The summed E-state index contributed by atoms with van der Waals surface area (Å²) in [6, 6.07) is 14.2. The number of pyridine rings is 3. The molecule has 0 saturated heterocycles. The lowest BCUT2D eigenvalue weighted by molar-refractivity contribution is -0.114. The van der Waals surface area contributed by atoms with E-state index in [1.54, 1.807) is 12.1 Å². The Hall–Kier alpha value is -6.83. The maximum Gasteiger partial charge on any atom is 0.221 e. The minimum atomic E-state index is -0.995. The van der Waals surface area contributed by atoms with Gasteiger partial charge in [-0.05, 0) is 132 Å². The van der Waals surface area contributed by atoms with E-state index in [-0.39, 0.29) is 34.4 Å². The van der Waals surface area contributed by atoms with Crippen molar-refractivity contribution in [2.45, 2.75) is 111 Å². The van der Waals surface area contributed by atoms with Crippen LogP contribution >= 0.6 is 11.6 Å². The van der Waals surface area contributed by atoms with Crippen molar-refractivity contribution in [3.05, 3.63) is 141 Å². The number of fused-ring (bicyclic) bond motifs is 3. The largest absolute Gasteiger partial charge is 0.392 e. The van der Waals surface area contributed by atoms with Crippen LogP contribution < -0.4 is 20.4 Å². The van der Waals surface area contributed by atoms with Gasteiger partial charge in [-0.25, -0.2) is 50.1 Å². The van der Waals surface area contributed by atoms with E-state index in [0.29, 0.717) is 68.1 Å². The SMILES string of the molecule is CC(=O)Nc1ccc(F)c(F)c1.CCN(CC1CCCC1)c1nc2cc(F)c(F)cc2cc1C=O.CCN(CC1CCCC1)c1nc2cc(F)c(F)cc2cc1CO.CCNCC1CCCC1.O=Cc1cc2cc(F)c(F)cc2nc1Cl. The molecule has 0 bridgehead atoms. The third kappa shape index (κ3) is 18.1. The lowest BCUT2D eigenvalue weighted by Crippen LogP contribution is -2.30. The topological polar surface area (TPSA) is 141 Å². The van der Waals surface area contributed by atoms with Crippen molar-refractivity contribution in [2.24, 2.45) is 17.8 Å². The van der Waals surface area contributed by atoms with Crippen molar-refractivity contribution in [3.8, 4) is 0 Å². The van der Waals surface area contributed by atoms with Crippen molar-refractivity contribution in [3.63, 3.8) is 0 Å². The van der Waals surface area contributed by atoms with E-state index in [1.165, 1.54) is 103 Å². The molecule has 0 atom stereocenters. The molecule has 3 aromatic heterocycles. The second-order valence-electron chi connectivity index (χ2n) is 20.7. The number of hydrogen-bond acceptors (Lipinski definition) is 10. The van der Waals surface area contributed by atoms with Gasteiger partial charge in [0.2, 0.25) is 5.91 Å². The highest BCUT2D eigenvalue weighted by Crippen LogP contribution is 2.32. The van der Waals surface area contributed by atoms with Crippen molar-refractivity contribution in [1.29, 1.82) is 0 Å². The standard InChI is InChI=1S/C18H22F2N2O.C18H20F2N2O.C10H4ClF2NO.C8H7F2NO.C8H17N/c2*1-2-22(10-12-5-3-4-6-12)18-14(11-23)7-13-8-15(19)16(20)9-17(13)21-18;11-10-6(4-15)1-5-2-7(12)8(13)3-9(5)14-10;1-5(12)11-6-2-3-7(9)8(10)4-6;1-2-9-7-8-5-3-4-6-8/h7-9,12,23H,2-6,10-11H2,1H3;7-9,11-12H,2-6,10H2,1H3;1-4H;2-4H,1H3,(H,11,12);8-9H,2-7H2,1H3. The van der Waals surface area contributed by atoms with Crippen molar-refractivity contribution < 1.29 is 54.6 Å². The van der Waals surface area contributed by atoms with Crippen LogP contribution in [0.15, 0.2) is 72.8 Å². The second-order valence-corrected chi connectivity index (χ2v) is 21.0. The Labute approximate surface area is 477 Å². The Morgan fingerprint density at radius 3 is 1.41 bits per heavy atom. The predicted octanol–water partition coefficient (Wildman–Crippen LogP) is 15.1. The molecule has 4 aromatic carbocycles. The minimum Gasteiger partial charge on any atom is -0.392 e. The van der Waals surface area contributed by atoms with Gasteiger partial charge in [0.05, 0.1) is 34.3 Å². The van der Waals surface area contributed by atoms with Gasteiger partial charge < -0.3 is 25.5 Å². The summed E-state index contributed by atoms with van der Waals surface area (Å²) in [4.78, 5) is 49.4. The number of hydrogen-bond donors (Lipinski definition) is 3. The molecule has 3 saturated carbocycles. The highest BCUT2D eigenvalue weighted by molar-refractivity contribution is 6.32. The van der Waals surface area contributed by atoms with Gasteiger partial charge in [-0.1, -0.05) is 57.0 Å². The molecule has 3 N–H and O–H groups in total. The number of rotatable bonds is 15. The summed E-state index contributed by atoms with van der Waals surface area (Å²) in [6.45, 7) is 13.0. The number of aliphatic hydroxyl groups is 1. The van der Waals surface area contributed by atoms with Crippen LogP contribution in [0.4, 0.5) is 52.4 Å². The first kappa shape index (κ1) is 64.3. The fraction of sp³-hybridized carbons (Fsp3) is 0.419. The summed E-state index contributed by atoms with van der Waals surface area (Å²) in [5, 5.41) is 16.6. The molecule has 3 aliphatic carbocycles. The maximum atomic E-state index is 13.5. The van der Waals surface area contributed by atoms with Gasteiger partial charge in [-0.3, -0.25) is 14.4 Å². The predicted molar refractivity (Wildman–Crippen MR) is 308 cm³/mol. The third-order valence-corrected chi connectivity index (χ3v) is 15.0. The molecule has 0 unspecified atom stereocenters. The van der Waals surface area contributed by atoms with E-state index in [2.05, 4.69) is 42.3 Å². The van der Waals surface area contributed by atoms with Crippen LogP contribution in [0.1, 0.15) is 131 Å². The highest BCUT2D eigenvalue weighted by atomic mass is 35.5. The zero-order valence-electron chi connectivity index (χ0n) is 46.6. The Morgan fingerprint density at radius 1 is 0.561 bits per heavy atom. The zero-order valence-corrected chi connectivity index (χ0v) is 47.3. The normalized spacial score (nSPS) is 14.3. The zero-order chi connectivity index (χ0) is 59.5. The van der Waals surface area contributed by atoms with Gasteiger partial charge in [0, 0.05) is 84.8 Å². The van der Waals surface area contributed by atoms with Crippen LogP contribution in [0.25, 0.3) is 32.7 Å². The third-order valence-electron chi connectivity index (χ3n) is 14.7. The number of anilines is 3. The number of nitrogens with one attached hydrogen (secondary N) is 2. The van der Waals surface area contributed by atoms with Crippen LogP contribution in [-0.2, 0) is 11.4 Å². The molecular formula is C62H70ClF8N7O4. The first-order chi connectivity index (χ1) is 39.4. The summed E-state index contributed by atoms with van der Waals surface area (Å²) < 4.78 is 104. The molecule has 0 spiro atoms. The van der Waals surface area contributed by atoms with Gasteiger partial charge in [-0.2, -0.15) is 0 Å². The number of benzene rings is 4. The van der Waals surface area contributed by atoms with Gasteiger partial charge in [0.1, 0.15) is 16.8 Å². The Bertz CT molecular complexity index is 3290. The molecule has 440 valence electrons. The first-order valence-electron chi connectivity index (χ1n) is 27.9. The lowest BCUT2D eigenvalue weighted by Gasteiger charge is -2.27. The molecule has 0 radical (unpaired) electrons. The number of aliphatic hydroxyl groups excluding tert-OH is 1. The lowest BCUT2D eigenvalue weighted by atomic mass is 10.1. The fourth-order valence-electron chi connectivity index (χ4n) is 10.4. The van der Waals surface area contributed by atoms with Gasteiger partial charge >= 0.3 is 0 Å². The molecule has 0 aliphatic heterocycles. The quantitative estimate of drug-likeness (QED) is 0.0516. The number of halogens is 9. The van der Waals surface area contributed by atoms with E-state index in [0.717, 1.165) is 93.5 Å². The van der Waals surface area contributed by atoms with Crippen LogP contribution in [0.3, 0.4) is 0 Å². The molecule has 3 aliphatic rings. The molecule has 3 fully saturated rings. The Kier molecular flexibility index (Phi) is 24.8. The van der Waals surface area contributed by atoms with Crippen LogP contribution in [0.2, 0.25) is 5.15 Å². The summed E-state index contributed by atoms with van der Waals surface area (Å²) in [5.41, 5.74) is 2.48. The summed E-state index contributed by atoms with van der Waals surface area (Å²) >= 11 is 5.64. The average molecular weight is 1160 g/mol. The van der Waals surface area contributed by atoms with Crippen LogP contribution in [0.5, 0.6) is 0 Å². The molecule has 3 heterocycles. The molecule has 7 aromatic rings. The summed E-state index contributed by atoms with van der Waals surface area (Å²) in [6.07, 6.45) is 17.0.